The molecule has 0 spiro atoms. The first-order chi connectivity index (χ1) is 16.6. The van der Waals surface area contributed by atoms with Crippen molar-refractivity contribution < 1.29 is 24.5 Å². The lowest BCUT2D eigenvalue weighted by Gasteiger charge is -2.62. The SMILES string of the molecule is COCCOCC#C[C@]1(O)CC[C@@]2(C)[C@H](CC[C@@H]3[C@@H]2CC[C@]2(C)[C@@H]([C@H](C)CCC(=O)O)CC[C@@H]32)C1. The van der Waals surface area contributed by atoms with E-state index < -0.39 is 11.6 Å². The van der Waals surface area contributed by atoms with Crippen LogP contribution in [0, 0.1) is 58.2 Å². The zero-order chi connectivity index (χ0) is 25.3. The molecule has 5 heteroatoms. The number of aliphatic carboxylic acids is 1. The zero-order valence-electron chi connectivity index (χ0n) is 22.5. The molecule has 0 bridgehead atoms. The Balaban J connectivity index is 1.40. The van der Waals surface area contributed by atoms with Crippen LogP contribution in [0.25, 0.3) is 0 Å². The second-order valence-corrected chi connectivity index (χ2v) is 12.9. The molecule has 9 atom stereocenters. The van der Waals surface area contributed by atoms with E-state index in [1.54, 1.807) is 7.11 Å². The largest absolute Gasteiger partial charge is 0.481 e. The molecule has 0 aliphatic heterocycles. The minimum atomic E-state index is -0.872. The molecule has 4 aliphatic carbocycles. The van der Waals surface area contributed by atoms with Gasteiger partial charge in [-0.05, 0) is 111 Å². The van der Waals surface area contributed by atoms with E-state index >= 15 is 0 Å². The van der Waals surface area contributed by atoms with Crippen LogP contribution in [0.2, 0.25) is 0 Å². The summed E-state index contributed by atoms with van der Waals surface area (Å²) < 4.78 is 10.5. The second-order valence-electron chi connectivity index (χ2n) is 12.9. The Morgan fingerprint density at radius 3 is 2.54 bits per heavy atom. The Morgan fingerprint density at radius 1 is 1.03 bits per heavy atom. The molecule has 4 aliphatic rings. The van der Waals surface area contributed by atoms with Crippen LogP contribution < -0.4 is 0 Å². The fourth-order valence-electron chi connectivity index (χ4n) is 9.35. The molecule has 2 N–H and O–H groups in total. The van der Waals surface area contributed by atoms with Gasteiger partial charge in [0.15, 0.2) is 0 Å². The predicted octanol–water partition coefficient (Wildman–Crippen LogP) is 5.54. The summed E-state index contributed by atoms with van der Waals surface area (Å²) in [6, 6.07) is 0. The molecule has 0 heterocycles. The van der Waals surface area contributed by atoms with Crippen molar-refractivity contribution >= 4 is 5.97 Å². The van der Waals surface area contributed by atoms with Crippen molar-refractivity contribution in [3.8, 4) is 11.8 Å². The maximum atomic E-state index is 11.3. The molecular formula is C30H48O5. The molecule has 4 fully saturated rings. The van der Waals surface area contributed by atoms with Gasteiger partial charge in [-0.25, -0.2) is 0 Å². The Hall–Kier alpha value is -1.09. The van der Waals surface area contributed by atoms with E-state index in [0.717, 1.165) is 43.4 Å². The van der Waals surface area contributed by atoms with Gasteiger partial charge >= 0.3 is 5.97 Å². The third-order valence-electron chi connectivity index (χ3n) is 11.2. The van der Waals surface area contributed by atoms with Crippen molar-refractivity contribution in [3.05, 3.63) is 0 Å². The third kappa shape index (κ3) is 5.32. The van der Waals surface area contributed by atoms with Crippen molar-refractivity contribution in [1.82, 2.24) is 0 Å². The number of carbonyl (C=O) groups is 1. The molecule has 0 unspecified atom stereocenters. The summed E-state index contributed by atoms with van der Waals surface area (Å²) in [5.41, 5.74) is -0.199. The minimum absolute atomic E-state index is 0.301. The summed E-state index contributed by atoms with van der Waals surface area (Å²) in [6.45, 7) is 8.83. The Morgan fingerprint density at radius 2 is 1.80 bits per heavy atom. The highest BCUT2D eigenvalue weighted by Gasteiger charge is 2.61. The molecule has 5 nitrogen and oxygen atoms in total. The smallest absolute Gasteiger partial charge is 0.303 e. The normalized spacial score (nSPS) is 43.3. The predicted molar refractivity (Wildman–Crippen MR) is 137 cm³/mol. The molecule has 35 heavy (non-hydrogen) atoms. The maximum absolute atomic E-state index is 11.3. The van der Waals surface area contributed by atoms with Crippen LogP contribution in [0.5, 0.6) is 0 Å². The highest BCUT2D eigenvalue weighted by atomic mass is 16.5. The average Bonchev–Trinajstić information content (AvgIpc) is 3.18. The molecular weight excluding hydrogens is 440 g/mol. The van der Waals surface area contributed by atoms with Crippen LogP contribution in [0.4, 0.5) is 0 Å². The van der Waals surface area contributed by atoms with Gasteiger partial charge in [-0.15, -0.1) is 0 Å². The maximum Gasteiger partial charge on any atom is 0.303 e. The van der Waals surface area contributed by atoms with Crippen LogP contribution in [-0.2, 0) is 14.3 Å². The molecule has 0 amide bonds. The standard InChI is InChI=1S/C30H48O5/c1-21(6-11-27(31)32)24-9-10-25-23-8-7-22-20-30(33,13-5-17-35-19-18-34-4)16-15-28(22,2)26(23)12-14-29(24,25)3/h21-26,33H,6-12,14-20H2,1-4H3,(H,31,32)/t21-,22-,23+,24-,25+,26+,28+,29-,30+/m1/s1. The summed E-state index contributed by atoms with van der Waals surface area (Å²) in [7, 11) is 1.66. The summed E-state index contributed by atoms with van der Waals surface area (Å²) in [6.07, 6.45) is 11.4. The van der Waals surface area contributed by atoms with Gasteiger partial charge in [0.25, 0.3) is 0 Å². The van der Waals surface area contributed by atoms with E-state index in [9.17, 15) is 15.0 Å². The lowest BCUT2D eigenvalue weighted by Crippen LogP contribution is -2.55. The zero-order valence-corrected chi connectivity index (χ0v) is 22.5. The van der Waals surface area contributed by atoms with Crippen molar-refractivity contribution in [2.45, 2.75) is 97.0 Å². The number of methoxy groups -OCH3 is 1. The number of fused-ring (bicyclic) bond motifs is 5. The van der Waals surface area contributed by atoms with E-state index in [4.69, 9.17) is 9.47 Å². The van der Waals surface area contributed by atoms with Gasteiger partial charge in [0.05, 0.1) is 13.2 Å². The first-order valence-electron chi connectivity index (χ1n) is 14.1. The Bertz CT molecular complexity index is 815. The lowest BCUT2D eigenvalue weighted by molar-refractivity contribution is -0.141. The summed E-state index contributed by atoms with van der Waals surface area (Å²) in [5.74, 6) is 9.61. The van der Waals surface area contributed by atoms with E-state index in [0.29, 0.717) is 54.8 Å². The highest BCUT2D eigenvalue weighted by molar-refractivity contribution is 5.66. The first kappa shape index (κ1) is 27.0. The van der Waals surface area contributed by atoms with Gasteiger partial charge in [0, 0.05) is 13.5 Å². The average molecular weight is 489 g/mol. The molecule has 0 saturated heterocycles. The topological polar surface area (TPSA) is 76.0 Å². The minimum Gasteiger partial charge on any atom is -0.481 e. The van der Waals surface area contributed by atoms with E-state index in [2.05, 4.69) is 32.6 Å². The summed E-state index contributed by atoms with van der Waals surface area (Å²) in [5, 5.41) is 20.5. The number of ether oxygens (including phenoxy) is 2. The number of aliphatic hydroxyl groups is 1. The summed E-state index contributed by atoms with van der Waals surface area (Å²) >= 11 is 0. The summed E-state index contributed by atoms with van der Waals surface area (Å²) in [4.78, 5) is 11.2. The number of hydrogen-bond acceptors (Lipinski definition) is 4. The van der Waals surface area contributed by atoms with E-state index in [-0.39, 0.29) is 0 Å². The Labute approximate surface area is 212 Å². The molecule has 4 rings (SSSR count). The lowest BCUT2D eigenvalue weighted by atomic mass is 9.43. The van der Waals surface area contributed by atoms with Crippen LogP contribution in [0.3, 0.4) is 0 Å². The number of carboxylic acids is 1. The molecule has 0 aromatic heterocycles. The van der Waals surface area contributed by atoms with E-state index in [1.165, 1.54) is 38.5 Å². The third-order valence-corrected chi connectivity index (χ3v) is 11.2. The van der Waals surface area contributed by atoms with Crippen LogP contribution in [0.1, 0.15) is 91.4 Å². The Kier molecular flexibility index (Phi) is 8.26. The van der Waals surface area contributed by atoms with E-state index in [1.807, 2.05) is 0 Å². The van der Waals surface area contributed by atoms with Crippen molar-refractivity contribution in [1.29, 1.82) is 0 Å². The van der Waals surface area contributed by atoms with Gasteiger partial charge in [-0.2, -0.15) is 0 Å². The van der Waals surface area contributed by atoms with Gasteiger partial charge in [-0.3, -0.25) is 4.79 Å². The van der Waals surface area contributed by atoms with Gasteiger partial charge < -0.3 is 19.7 Å². The monoisotopic (exact) mass is 488 g/mol. The van der Waals surface area contributed by atoms with Crippen molar-refractivity contribution in [2.24, 2.45) is 46.3 Å². The van der Waals surface area contributed by atoms with Gasteiger partial charge in [0.2, 0.25) is 0 Å². The number of hydrogen-bond donors (Lipinski definition) is 2. The second kappa shape index (κ2) is 10.7. The molecule has 198 valence electrons. The first-order valence-corrected chi connectivity index (χ1v) is 14.1. The van der Waals surface area contributed by atoms with Crippen LogP contribution in [0.15, 0.2) is 0 Å². The molecule has 0 radical (unpaired) electrons. The van der Waals surface area contributed by atoms with Crippen LogP contribution in [-0.4, -0.2) is 48.7 Å². The molecule has 4 saturated carbocycles. The van der Waals surface area contributed by atoms with Gasteiger partial charge in [0.1, 0.15) is 12.2 Å². The number of carboxylic acid groups (broad SMARTS) is 1. The number of rotatable bonds is 8. The van der Waals surface area contributed by atoms with Crippen molar-refractivity contribution in [2.75, 3.05) is 26.9 Å². The van der Waals surface area contributed by atoms with Crippen molar-refractivity contribution in [3.63, 3.8) is 0 Å². The molecule has 0 aromatic carbocycles. The fourth-order valence-corrected chi connectivity index (χ4v) is 9.35. The van der Waals surface area contributed by atoms with Crippen LogP contribution >= 0.6 is 0 Å². The quantitative estimate of drug-likeness (QED) is 0.346. The van der Waals surface area contributed by atoms with Gasteiger partial charge in [-0.1, -0.05) is 32.6 Å². The highest BCUT2D eigenvalue weighted by Crippen LogP contribution is 2.68. The fraction of sp³-hybridized carbons (Fsp3) is 0.900. The molecule has 0 aromatic rings.